The minimum atomic E-state index is 0.0663. The molecule has 1 aliphatic carbocycles. The molecular formula is C45H50N2O. The fraction of sp³-hybridized carbons (Fsp3) is 0.356. The summed E-state index contributed by atoms with van der Waals surface area (Å²) in [6.45, 7) is 13.3. The molecule has 0 heterocycles. The number of anilines is 2. The summed E-state index contributed by atoms with van der Waals surface area (Å²) in [4.78, 5) is 18.2. The summed E-state index contributed by atoms with van der Waals surface area (Å²) in [7, 11) is 0. The molecule has 4 aromatic rings. The summed E-state index contributed by atoms with van der Waals surface area (Å²) in [6, 6.07) is 29.1. The Hall–Kier alpha value is -4.73. The highest BCUT2D eigenvalue weighted by Gasteiger charge is 2.26. The Labute approximate surface area is 289 Å². The summed E-state index contributed by atoms with van der Waals surface area (Å²) < 4.78 is 0. The van der Waals surface area contributed by atoms with Gasteiger partial charge in [-0.15, -0.1) is 0 Å². The molecule has 0 amide bonds. The van der Waals surface area contributed by atoms with Crippen LogP contribution in [0.25, 0.3) is 11.1 Å². The van der Waals surface area contributed by atoms with Gasteiger partial charge in [0.15, 0.2) is 5.78 Å². The van der Waals surface area contributed by atoms with Crippen molar-refractivity contribution in [3.63, 3.8) is 0 Å². The zero-order chi connectivity index (χ0) is 33.7. The molecule has 0 aromatic heterocycles. The van der Waals surface area contributed by atoms with Crippen LogP contribution in [0, 0.1) is 23.7 Å². The quantitative estimate of drug-likeness (QED) is 0.114. The van der Waals surface area contributed by atoms with E-state index in [1.165, 1.54) is 62.7 Å². The Kier molecular flexibility index (Phi) is 12.6. The number of rotatable bonds is 14. The summed E-state index contributed by atoms with van der Waals surface area (Å²) in [5.74, 6) is 13.4. The monoisotopic (exact) mass is 634 g/mol. The van der Waals surface area contributed by atoms with Gasteiger partial charge in [-0.3, -0.25) is 4.79 Å². The van der Waals surface area contributed by atoms with Gasteiger partial charge in [0.2, 0.25) is 0 Å². The highest BCUT2D eigenvalue weighted by atomic mass is 16.1. The smallest absolute Gasteiger partial charge is 0.194 e. The fourth-order valence-corrected chi connectivity index (χ4v) is 6.17. The lowest BCUT2D eigenvalue weighted by Gasteiger charge is -2.24. The van der Waals surface area contributed by atoms with E-state index in [1.807, 2.05) is 24.3 Å². The fourth-order valence-electron chi connectivity index (χ4n) is 6.17. The third-order valence-electron chi connectivity index (χ3n) is 9.11. The average molecular weight is 635 g/mol. The van der Waals surface area contributed by atoms with Gasteiger partial charge in [0.25, 0.3) is 0 Å². The van der Waals surface area contributed by atoms with E-state index in [4.69, 9.17) is 0 Å². The third-order valence-corrected chi connectivity index (χ3v) is 9.11. The van der Waals surface area contributed by atoms with Gasteiger partial charge in [-0.1, -0.05) is 77.1 Å². The molecule has 0 radical (unpaired) electrons. The number of fused-ring (bicyclic) bond motifs is 3. The van der Waals surface area contributed by atoms with Crippen molar-refractivity contribution < 1.29 is 4.79 Å². The second-order valence-electron chi connectivity index (χ2n) is 12.8. The predicted molar refractivity (Wildman–Crippen MR) is 204 cm³/mol. The van der Waals surface area contributed by atoms with Crippen LogP contribution in [0.3, 0.4) is 0 Å². The number of hydrogen-bond donors (Lipinski definition) is 0. The maximum atomic E-state index is 13.2. The molecule has 1 aliphatic rings. The number of benzene rings is 4. The number of carbonyl (C=O) groups is 1. The molecule has 0 N–H and O–H groups in total. The number of nitrogens with zero attached hydrogens (tertiary/aromatic N) is 2. The highest BCUT2D eigenvalue weighted by Crippen LogP contribution is 2.37. The zero-order valence-corrected chi connectivity index (χ0v) is 29.4. The molecule has 0 aliphatic heterocycles. The van der Waals surface area contributed by atoms with Crippen LogP contribution in [-0.4, -0.2) is 32.0 Å². The first-order chi connectivity index (χ1) is 23.5. The Morgan fingerprint density at radius 1 is 0.417 bits per heavy atom. The molecule has 4 aromatic carbocycles. The predicted octanol–water partition coefficient (Wildman–Crippen LogP) is 10.5. The van der Waals surface area contributed by atoms with Crippen molar-refractivity contribution in [3.05, 3.63) is 118 Å². The number of ketones is 1. The van der Waals surface area contributed by atoms with Crippen LogP contribution < -0.4 is 9.80 Å². The van der Waals surface area contributed by atoms with Crippen molar-refractivity contribution in [2.45, 2.75) is 79.1 Å². The Balaban J connectivity index is 1.32. The van der Waals surface area contributed by atoms with Crippen LogP contribution >= 0.6 is 0 Å². The van der Waals surface area contributed by atoms with Crippen molar-refractivity contribution >= 4 is 17.2 Å². The van der Waals surface area contributed by atoms with Crippen molar-refractivity contribution in [2.75, 3.05) is 36.0 Å². The topological polar surface area (TPSA) is 23.6 Å². The van der Waals surface area contributed by atoms with E-state index in [0.29, 0.717) is 0 Å². The Morgan fingerprint density at radius 3 is 1.06 bits per heavy atom. The van der Waals surface area contributed by atoms with Gasteiger partial charge < -0.3 is 9.80 Å². The second kappa shape index (κ2) is 17.4. The number of carbonyl (C=O) groups excluding carboxylic acids is 1. The summed E-state index contributed by atoms with van der Waals surface area (Å²) in [5.41, 5.74) is 9.64. The maximum Gasteiger partial charge on any atom is 0.194 e. The van der Waals surface area contributed by atoms with Crippen molar-refractivity contribution in [1.29, 1.82) is 0 Å². The molecule has 3 heteroatoms. The van der Waals surface area contributed by atoms with Crippen LogP contribution in [0.4, 0.5) is 11.4 Å². The van der Waals surface area contributed by atoms with Crippen LogP contribution in [0.5, 0.6) is 0 Å². The standard InChI is InChI=1S/C45H50N2O/c1-5-9-29-46(30-10-6-2)39-23-17-35(18-24-39)13-15-37-21-27-41-43(33-37)44-34-38(22-28-42(44)45(41)48)16-14-36-19-25-40(26-20-36)47(31-11-7-3)32-12-8-4/h17-28,33-34H,5-12,29-32H2,1-4H3. The molecule has 0 fully saturated rings. The molecule has 0 atom stereocenters. The van der Waals surface area contributed by atoms with Crippen LogP contribution in [0.15, 0.2) is 84.9 Å². The lowest BCUT2D eigenvalue weighted by atomic mass is 10.0. The molecule has 0 bridgehead atoms. The Bertz CT molecular complexity index is 1650. The lowest BCUT2D eigenvalue weighted by Crippen LogP contribution is -2.25. The number of hydrogen-bond acceptors (Lipinski definition) is 3. The molecule has 0 spiro atoms. The first kappa shape index (κ1) is 34.6. The van der Waals surface area contributed by atoms with E-state index in [2.05, 4.69) is 122 Å². The van der Waals surface area contributed by atoms with Gasteiger partial charge in [0, 0.05) is 70.9 Å². The van der Waals surface area contributed by atoms with Gasteiger partial charge >= 0.3 is 0 Å². The van der Waals surface area contributed by atoms with Gasteiger partial charge in [-0.25, -0.2) is 0 Å². The van der Waals surface area contributed by atoms with E-state index in [9.17, 15) is 4.79 Å². The van der Waals surface area contributed by atoms with Crippen LogP contribution in [-0.2, 0) is 0 Å². The maximum absolute atomic E-state index is 13.2. The van der Waals surface area contributed by atoms with E-state index in [-0.39, 0.29) is 5.78 Å². The Morgan fingerprint density at radius 2 is 0.729 bits per heavy atom. The minimum Gasteiger partial charge on any atom is -0.372 e. The van der Waals surface area contributed by atoms with E-state index < -0.39 is 0 Å². The van der Waals surface area contributed by atoms with Gasteiger partial charge in [0.1, 0.15) is 0 Å². The molecule has 246 valence electrons. The molecule has 48 heavy (non-hydrogen) atoms. The zero-order valence-electron chi connectivity index (χ0n) is 29.4. The van der Waals surface area contributed by atoms with Crippen molar-refractivity contribution in [1.82, 2.24) is 0 Å². The average Bonchev–Trinajstić information content (AvgIpc) is 3.40. The molecule has 3 nitrogen and oxygen atoms in total. The van der Waals surface area contributed by atoms with Crippen LogP contribution in [0.1, 0.15) is 117 Å². The summed E-state index contributed by atoms with van der Waals surface area (Å²) in [6.07, 6.45) is 9.60. The summed E-state index contributed by atoms with van der Waals surface area (Å²) in [5, 5.41) is 0. The van der Waals surface area contributed by atoms with Crippen molar-refractivity contribution in [2.24, 2.45) is 0 Å². The normalized spacial score (nSPS) is 11.2. The minimum absolute atomic E-state index is 0.0663. The lowest BCUT2D eigenvalue weighted by molar-refractivity contribution is 0.104. The van der Waals surface area contributed by atoms with E-state index in [1.54, 1.807) is 0 Å². The van der Waals surface area contributed by atoms with E-state index in [0.717, 1.165) is 70.7 Å². The molecular weight excluding hydrogens is 585 g/mol. The molecule has 0 unspecified atom stereocenters. The van der Waals surface area contributed by atoms with Gasteiger partial charge in [0.05, 0.1) is 0 Å². The van der Waals surface area contributed by atoms with Gasteiger partial charge in [-0.2, -0.15) is 0 Å². The second-order valence-corrected chi connectivity index (χ2v) is 12.8. The largest absolute Gasteiger partial charge is 0.372 e. The first-order valence-electron chi connectivity index (χ1n) is 18.1. The third kappa shape index (κ3) is 8.79. The summed E-state index contributed by atoms with van der Waals surface area (Å²) >= 11 is 0. The van der Waals surface area contributed by atoms with Crippen LogP contribution in [0.2, 0.25) is 0 Å². The molecule has 0 saturated carbocycles. The first-order valence-corrected chi connectivity index (χ1v) is 18.1. The molecule has 5 rings (SSSR count). The van der Waals surface area contributed by atoms with Gasteiger partial charge in [-0.05, 0) is 122 Å². The highest BCUT2D eigenvalue weighted by molar-refractivity contribution is 6.21. The van der Waals surface area contributed by atoms with Crippen molar-refractivity contribution in [3.8, 4) is 34.8 Å². The molecule has 0 saturated heterocycles. The van der Waals surface area contributed by atoms with E-state index >= 15 is 0 Å². The SMILES string of the molecule is CCCCN(CCCC)c1ccc(C#Cc2ccc3c(c2)-c2cc(C#Cc4ccc(N(CCCC)CCCC)cc4)ccc2C3=O)cc1. The number of unbranched alkanes of at least 4 members (excludes halogenated alkanes) is 4.